The third kappa shape index (κ3) is 3.13. The van der Waals surface area contributed by atoms with Crippen LogP contribution < -0.4 is 0 Å². The molecule has 1 aliphatic carbocycles. The zero-order chi connectivity index (χ0) is 20.8. The van der Waals surface area contributed by atoms with Crippen LogP contribution in [0.5, 0.6) is 0 Å². The average molecular weight is 399 g/mol. The highest BCUT2D eigenvalue weighted by molar-refractivity contribution is 5.90. The minimum absolute atomic E-state index is 0.0167. The van der Waals surface area contributed by atoms with Gasteiger partial charge in [0.1, 0.15) is 0 Å². The minimum Gasteiger partial charge on any atom is -0.462 e. The van der Waals surface area contributed by atoms with Crippen molar-refractivity contribution in [3.8, 4) is 0 Å². The number of carbonyl (C=O) groups is 2. The zero-order valence-electron chi connectivity index (χ0n) is 18.3. The van der Waals surface area contributed by atoms with Crippen LogP contribution in [0.2, 0.25) is 0 Å². The molecule has 2 bridgehead atoms. The van der Waals surface area contributed by atoms with Gasteiger partial charge in [0.2, 0.25) is 0 Å². The lowest BCUT2D eigenvalue weighted by atomic mass is 9.51. The fourth-order valence-corrected chi connectivity index (χ4v) is 5.77. The maximum absolute atomic E-state index is 13.4. The van der Waals surface area contributed by atoms with E-state index in [4.69, 9.17) is 4.74 Å². The Morgan fingerprint density at radius 2 is 1.83 bits per heavy atom. The molecule has 1 aromatic carbocycles. The van der Waals surface area contributed by atoms with Crippen LogP contribution in [0.15, 0.2) is 18.2 Å². The normalized spacial score (nSPS) is 27.9. The third-order valence-corrected chi connectivity index (χ3v) is 7.98. The second-order valence-corrected chi connectivity index (χ2v) is 9.64. The topological polar surface area (TPSA) is 49.9 Å². The molecule has 5 heteroatoms. The molecule has 4 rings (SSSR count). The van der Waals surface area contributed by atoms with E-state index in [2.05, 4.69) is 31.7 Å². The zero-order valence-corrected chi connectivity index (χ0v) is 18.3. The van der Waals surface area contributed by atoms with Gasteiger partial charge in [-0.25, -0.2) is 9.59 Å². The van der Waals surface area contributed by atoms with E-state index in [-0.39, 0.29) is 28.9 Å². The van der Waals surface area contributed by atoms with Crippen molar-refractivity contribution in [1.82, 2.24) is 9.80 Å². The van der Waals surface area contributed by atoms with Crippen molar-refractivity contribution in [2.75, 3.05) is 26.2 Å². The van der Waals surface area contributed by atoms with Gasteiger partial charge in [-0.1, -0.05) is 26.8 Å². The summed E-state index contributed by atoms with van der Waals surface area (Å²) in [5.41, 5.74) is 3.09. The first-order valence-corrected chi connectivity index (χ1v) is 11.2. The van der Waals surface area contributed by atoms with Crippen molar-refractivity contribution in [3.05, 3.63) is 34.9 Å². The smallest absolute Gasteiger partial charge is 0.338 e. The first-order chi connectivity index (χ1) is 13.8. The van der Waals surface area contributed by atoms with Crippen molar-refractivity contribution in [3.63, 3.8) is 0 Å². The van der Waals surface area contributed by atoms with E-state index in [0.29, 0.717) is 12.2 Å². The molecule has 3 aliphatic rings. The predicted octanol–water partition coefficient (Wildman–Crippen LogP) is 4.38. The number of esters is 1. The van der Waals surface area contributed by atoms with Gasteiger partial charge in [-0.3, -0.25) is 0 Å². The highest BCUT2D eigenvalue weighted by Crippen LogP contribution is 2.56. The number of likely N-dealkylation sites (tertiary alicyclic amines) is 2. The van der Waals surface area contributed by atoms with E-state index in [0.717, 1.165) is 45.3 Å². The van der Waals surface area contributed by atoms with Gasteiger partial charge in [-0.15, -0.1) is 0 Å². The Labute approximate surface area is 174 Å². The summed E-state index contributed by atoms with van der Waals surface area (Å²) in [6, 6.07) is 6.38. The molecule has 1 aromatic rings. The third-order valence-electron chi connectivity index (χ3n) is 7.98. The van der Waals surface area contributed by atoms with Crippen molar-refractivity contribution < 1.29 is 14.3 Å². The van der Waals surface area contributed by atoms with Crippen LogP contribution in [0.3, 0.4) is 0 Å². The Kier molecular flexibility index (Phi) is 5.12. The molecule has 2 amide bonds. The first kappa shape index (κ1) is 20.2. The molecule has 0 saturated carbocycles. The van der Waals surface area contributed by atoms with E-state index < -0.39 is 0 Å². The summed E-state index contributed by atoms with van der Waals surface area (Å²) in [7, 11) is 0. The second-order valence-electron chi connectivity index (χ2n) is 9.64. The van der Waals surface area contributed by atoms with Crippen LogP contribution in [0.1, 0.15) is 74.9 Å². The summed E-state index contributed by atoms with van der Waals surface area (Å²) in [5, 5.41) is 0. The largest absolute Gasteiger partial charge is 0.462 e. The molecule has 0 aromatic heterocycles. The van der Waals surface area contributed by atoms with Crippen molar-refractivity contribution in [2.24, 2.45) is 5.41 Å². The minimum atomic E-state index is -0.267. The number of rotatable bonds is 2. The molecule has 0 N–H and O–H groups in total. The lowest BCUT2D eigenvalue weighted by Crippen LogP contribution is -2.66. The number of hydrogen-bond acceptors (Lipinski definition) is 3. The van der Waals surface area contributed by atoms with Gasteiger partial charge in [0, 0.05) is 31.1 Å². The molecule has 0 spiro atoms. The van der Waals surface area contributed by atoms with Gasteiger partial charge in [0.05, 0.1) is 12.2 Å². The highest BCUT2D eigenvalue weighted by atomic mass is 16.5. The Hall–Kier alpha value is -2.04. The van der Waals surface area contributed by atoms with Gasteiger partial charge >= 0.3 is 12.0 Å². The van der Waals surface area contributed by atoms with Gasteiger partial charge in [-0.05, 0) is 67.7 Å². The Balaban J connectivity index is 1.69. The second kappa shape index (κ2) is 7.33. The summed E-state index contributed by atoms with van der Waals surface area (Å²) in [5.74, 6) is -0.267. The van der Waals surface area contributed by atoms with Crippen LogP contribution in [-0.2, 0) is 16.6 Å². The lowest BCUT2D eigenvalue weighted by molar-refractivity contribution is -0.0242. The van der Waals surface area contributed by atoms with E-state index in [1.54, 1.807) is 0 Å². The van der Waals surface area contributed by atoms with Gasteiger partial charge < -0.3 is 14.5 Å². The van der Waals surface area contributed by atoms with Crippen LogP contribution >= 0.6 is 0 Å². The van der Waals surface area contributed by atoms with Crippen LogP contribution in [0, 0.1) is 5.41 Å². The average Bonchev–Trinajstić information content (AvgIpc) is 2.71. The first-order valence-electron chi connectivity index (χ1n) is 11.2. The molecule has 2 atom stereocenters. The van der Waals surface area contributed by atoms with Crippen molar-refractivity contribution >= 4 is 12.0 Å². The predicted molar refractivity (Wildman–Crippen MR) is 113 cm³/mol. The molecule has 2 heterocycles. The molecule has 5 nitrogen and oxygen atoms in total. The van der Waals surface area contributed by atoms with Gasteiger partial charge in [0.25, 0.3) is 0 Å². The van der Waals surface area contributed by atoms with E-state index in [9.17, 15) is 9.59 Å². The quantitative estimate of drug-likeness (QED) is 0.695. The number of amides is 2. The summed E-state index contributed by atoms with van der Waals surface area (Å²) in [6.07, 6.45) is 5.18. The Bertz CT molecular complexity index is 812. The SMILES string of the molecule is CCOC(=O)c1ccc2c(c1)CC1N(C(=O)N3CCCCC3)CCC2(C)C1(C)C. The maximum Gasteiger partial charge on any atom is 0.338 e. The molecule has 2 aliphatic heterocycles. The maximum atomic E-state index is 13.4. The Morgan fingerprint density at radius 1 is 1.10 bits per heavy atom. The van der Waals surface area contributed by atoms with Crippen molar-refractivity contribution in [1.29, 1.82) is 0 Å². The number of ether oxygens (including phenoxy) is 1. The number of hydrogen-bond donors (Lipinski definition) is 0. The summed E-state index contributed by atoms with van der Waals surface area (Å²) in [4.78, 5) is 29.8. The van der Waals surface area contributed by atoms with Crippen LogP contribution in [0.4, 0.5) is 4.79 Å². The molecular formula is C24H34N2O3. The van der Waals surface area contributed by atoms with E-state index in [1.807, 2.05) is 24.0 Å². The summed E-state index contributed by atoms with van der Waals surface area (Å²) in [6.45, 7) is 11.7. The number of piperidine rings is 2. The molecule has 158 valence electrons. The fraction of sp³-hybridized carbons (Fsp3) is 0.667. The number of fused-ring (bicyclic) bond motifs is 4. The molecule has 2 fully saturated rings. The number of benzene rings is 1. The van der Waals surface area contributed by atoms with E-state index in [1.165, 1.54) is 17.5 Å². The standard InChI is InChI=1S/C24H34N2O3/c1-5-29-21(27)17-9-10-19-18(15-17)16-20-23(2,3)24(19,4)11-14-26(20)22(28)25-12-7-6-8-13-25/h9-10,15,20H,5-8,11-14,16H2,1-4H3. The van der Waals surface area contributed by atoms with Gasteiger partial charge in [-0.2, -0.15) is 0 Å². The Morgan fingerprint density at radius 3 is 2.52 bits per heavy atom. The van der Waals surface area contributed by atoms with Crippen LogP contribution in [-0.4, -0.2) is 54.1 Å². The fourth-order valence-electron chi connectivity index (χ4n) is 5.77. The van der Waals surface area contributed by atoms with E-state index >= 15 is 0 Å². The molecule has 2 saturated heterocycles. The number of carbonyl (C=O) groups excluding carboxylic acids is 2. The molecule has 2 unspecified atom stereocenters. The molecular weight excluding hydrogens is 364 g/mol. The highest BCUT2D eigenvalue weighted by Gasteiger charge is 2.57. The van der Waals surface area contributed by atoms with Crippen LogP contribution in [0.25, 0.3) is 0 Å². The summed E-state index contributed by atoms with van der Waals surface area (Å²) < 4.78 is 5.21. The lowest BCUT2D eigenvalue weighted by Gasteiger charge is -2.61. The van der Waals surface area contributed by atoms with Gasteiger partial charge in [0.15, 0.2) is 0 Å². The summed E-state index contributed by atoms with van der Waals surface area (Å²) >= 11 is 0. The van der Waals surface area contributed by atoms with Crippen molar-refractivity contribution in [2.45, 2.75) is 71.3 Å². The molecule has 0 radical (unpaired) electrons. The number of nitrogens with zero attached hydrogens (tertiary/aromatic N) is 2. The number of urea groups is 1. The molecule has 29 heavy (non-hydrogen) atoms. The monoisotopic (exact) mass is 398 g/mol.